The van der Waals surface area contributed by atoms with E-state index in [1.807, 2.05) is 11.8 Å². The molecule has 4 nitrogen and oxygen atoms in total. The molecule has 1 aliphatic carbocycles. The summed E-state index contributed by atoms with van der Waals surface area (Å²) >= 11 is 1.95. The number of aromatic nitrogens is 3. The smallest absolute Gasteiger partial charge is 0.191 e. The first-order chi connectivity index (χ1) is 9.88. The van der Waals surface area contributed by atoms with E-state index in [0.29, 0.717) is 11.2 Å². The Morgan fingerprint density at radius 3 is 2.80 bits per heavy atom. The molecule has 0 aromatic carbocycles. The fourth-order valence-electron chi connectivity index (χ4n) is 3.46. The van der Waals surface area contributed by atoms with Crippen molar-refractivity contribution in [3.05, 3.63) is 5.82 Å². The minimum Gasteiger partial charge on any atom is -0.330 e. The zero-order valence-corrected chi connectivity index (χ0v) is 13.1. The quantitative estimate of drug-likeness (QED) is 0.871. The van der Waals surface area contributed by atoms with Crippen LogP contribution in [0.1, 0.15) is 57.2 Å². The first-order valence-electron chi connectivity index (χ1n) is 8.17. The van der Waals surface area contributed by atoms with Gasteiger partial charge in [-0.2, -0.15) is 0 Å². The summed E-state index contributed by atoms with van der Waals surface area (Å²) in [6, 6.07) is 0. The van der Waals surface area contributed by atoms with Gasteiger partial charge in [0, 0.05) is 18.2 Å². The molecule has 1 fully saturated rings. The van der Waals surface area contributed by atoms with Crippen LogP contribution >= 0.6 is 11.8 Å². The Bertz CT molecular complexity index is 432. The lowest BCUT2D eigenvalue weighted by Gasteiger charge is -2.22. The van der Waals surface area contributed by atoms with Gasteiger partial charge in [-0.15, -0.1) is 10.2 Å². The van der Waals surface area contributed by atoms with Crippen molar-refractivity contribution in [3.63, 3.8) is 0 Å². The second-order valence-electron chi connectivity index (χ2n) is 6.15. The number of nitrogens with two attached hydrogens (primary N) is 1. The van der Waals surface area contributed by atoms with E-state index in [9.17, 15) is 0 Å². The van der Waals surface area contributed by atoms with Gasteiger partial charge in [0.25, 0.3) is 0 Å². The maximum absolute atomic E-state index is 6.00. The minimum atomic E-state index is 0.638. The topological polar surface area (TPSA) is 56.7 Å². The number of aryl methyl sites for hydroxylation is 1. The summed E-state index contributed by atoms with van der Waals surface area (Å²) in [5.74, 6) is 1.85. The van der Waals surface area contributed by atoms with Crippen molar-refractivity contribution in [2.24, 2.45) is 11.7 Å². The average molecular weight is 294 g/mol. The van der Waals surface area contributed by atoms with E-state index >= 15 is 0 Å². The SMILES string of the molecule is NCC1CCCCCC1Sc1nnc2n1CCCCC2. The van der Waals surface area contributed by atoms with Gasteiger partial charge in [-0.1, -0.05) is 37.4 Å². The van der Waals surface area contributed by atoms with Crippen molar-refractivity contribution in [2.75, 3.05) is 6.54 Å². The van der Waals surface area contributed by atoms with Crippen molar-refractivity contribution >= 4 is 11.8 Å². The Balaban J connectivity index is 1.74. The maximum Gasteiger partial charge on any atom is 0.191 e. The highest BCUT2D eigenvalue weighted by Gasteiger charge is 2.26. The van der Waals surface area contributed by atoms with Crippen LogP contribution < -0.4 is 5.73 Å². The molecule has 0 saturated heterocycles. The summed E-state index contributed by atoms with van der Waals surface area (Å²) in [4.78, 5) is 0. The fraction of sp³-hybridized carbons (Fsp3) is 0.867. The van der Waals surface area contributed by atoms with Crippen LogP contribution in [0.25, 0.3) is 0 Å². The van der Waals surface area contributed by atoms with Gasteiger partial charge in [0.1, 0.15) is 5.82 Å². The van der Waals surface area contributed by atoms with Crippen LogP contribution in [0, 0.1) is 5.92 Å². The second kappa shape index (κ2) is 6.94. The number of thioether (sulfide) groups is 1. The molecule has 20 heavy (non-hydrogen) atoms. The highest BCUT2D eigenvalue weighted by Crippen LogP contribution is 2.36. The summed E-state index contributed by atoms with van der Waals surface area (Å²) < 4.78 is 2.37. The molecule has 5 heteroatoms. The zero-order valence-electron chi connectivity index (χ0n) is 12.3. The summed E-state index contributed by atoms with van der Waals surface area (Å²) in [6.45, 7) is 1.92. The van der Waals surface area contributed by atoms with Gasteiger partial charge in [0.15, 0.2) is 5.16 Å². The van der Waals surface area contributed by atoms with E-state index in [1.54, 1.807) is 0 Å². The first kappa shape index (κ1) is 14.4. The van der Waals surface area contributed by atoms with Gasteiger partial charge in [-0.3, -0.25) is 0 Å². The van der Waals surface area contributed by atoms with Gasteiger partial charge in [-0.05, 0) is 38.1 Å². The Labute approximate surface area is 125 Å². The van der Waals surface area contributed by atoms with Gasteiger partial charge in [0.2, 0.25) is 0 Å². The molecule has 1 saturated carbocycles. The summed E-state index contributed by atoms with van der Waals surface area (Å²) in [7, 11) is 0. The Morgan fingerprint density at radius 1 is 1.05 bits per heavy atom. The van der Waals surface area contributed by atoms with E-state index in [4.69, 9.17) is 5.73 Å². The van der Waals surface area contributed by atoms with Gasteiger partial charge in [-0.25, -0.2) is 0 Å². The molecule has 2 atom stereocenters. The second-order valence-corrected chi connectivity index (χ2v) is 7.36. The van der Waals surface area contributed by atoms with Crippen LogP contribution in [0.3, 0.4) is 0 Å². The Hall–Kier alpha value is -0.550. The Morgan fingerprint density at radius 2 is 1.90 bits per heavy atom. The van der Waals surface area contributed by atoms with Gasteiger partial charge < -0.3 is 10.3 Å². The third kappa shape index (κ3) is 3.19. The number of hydrogen-bond acceptors (Lipinski definition) is 4. The number of rotatable bonds is 3. The molecule has 2 aliphatic rings. The fourth-order valence-corrected chi connectivity index (χ4v) is 4.86. The monoisotopic (exact) mass is 294 g/mol. The third-order valence-corrected chi connectivity index (χ3v) is 6.16. The molecule has 0 bridgehead atoms. The van der Waals surface area contributed by atoms with Crippen molar-refractivity contribution in [3.8, 4) is 0 Å². The highest BCUT2D eigenvalue weighted by molar-refractivity contribution is 7.99. The van der Waals surface area contributed by atoms with Crippen molar-refractivity contribution in [2.45, 2.75) is 74.7 Å². The summed E-state index contributed by atoms with van der Waals surface area (Å²) in [5, 5.41) is 10.7. The lowest BCUT2D eigenvalue weighted by molar-refractivity contribution is 0.481. The molecule has 2 N–H and O–H groups in total. The van der Waals surface area contributed by atoms with E-state index in [2.05, 4.69) is 14.8 Å². The van der Waals surface area contributed by atoms with Gasteiger partial charge in [0.05, 0.1) is 0 Å². The normalized spacial score (nSPS) is 27.6. The van der Waals surface area contributed by atoms with Crippen molar-refractivity contribution < 1.29 is 0 Å². The van der Waals surface area contributed by atoms with Crippen molar-refractivity contribution in [1.29, 1.82) is 0 Å². The first-order valence-corrected chi connectivity index (χ1v) is 9.05. The molecule has 1 aliphatic heterocycles. The van der Waals surface area contributed by atoms with Crippen LogP contribution in [0.5, 0.6) is 0 Å². The molecule has 0 spiro atoms. The molecular weight excluding hydrogens is 268 g/mol. The van der Waals surface area contributed by atoms with Crippen molar-refractivity contribution in [1.82, 2.24) is 14.8 Å². The minimum absolute atomic E-state index is 0.638. The average Bonchev–Trinajstić information content (AvgIpc) is 2.66. The number of fused-ring (bicyclic) bond motifs is 1. The molecule has 0 radical (unpaired) electrons. The van der Waals surface area contributed by atoms with E-state index in [0.717, 1.165) is 24.7 Å². The largest absolute Gasteiger partial charge is 0.330 e. The number of hydrogen-bond donors (Lipinski definition) is 1. The van der Waals surface area contributed by atoms with E-state index in [-0.39, 0.29) is 0 Å². The third-order valence-electron chi connectivity index (χ3n) is 4.72. The standard InChI is InChI=1S/C15H26N4S/c16-11-12-7-3-1-4-8-13(12)20-15-18-17-14-9-5-2-6-10-19(14)15/h12-13H,1-11,16H2. The van der Waals surface area contributed by atoms with Crippen LogP contribution in [0.4, 0.5) is 0 Å². The lowest BCUT2D eigenvalue weighted by atomic mass is 10.0. The van der Waals surface area contributed by atoms with Gasteiger partial charge >= 0.3 is 0 Å². The zero-order chi connectivity index (χ0) is 13.8. The number of nitrogens with zero attached hydrogens (tertiary/aromatic N) is 3. The van der Waals surface area contributed by atoms with Crippen LogP contribution in [0.15, 0.2) is 5.16 Å². The molecule has 0 amide bonds. The molecule has 3 rings (SSSR count). The summed E-state index contributed by atoms with van der Waals surface area (Å²) in [6.07, 6.45) is 11.6. The molecule has 2 heterocycles. The maximum atomic E-state index is 6.00. The van der Waals surface area contributed by atoms with Crippen LogP contribution in [0.2, 0.25) is 0 Å². The van der Waals surface area contributed by atoms with E-state index in [1.165, 1.54) is 57.2 Å². The summed E-state index contributed by atoms with van der Waals surface area (Å²) in [5.41, 5.74) is 6.00. The highest BCUT2D eigenvalue weighted by atomic mass is 32.2. The molecule has 2 unspecified atom stereocenters. The van der Waals surface area contributed by atoms with Crippen LogP contribution in [-0.4, -0.2) is 26.6 Å². The van der Waals surface area contributed by atoms with Crippen LogP contribution in [-0.2, 0) is 13.0 Å². The predicted molar refractivity (Wildman–Crippen MR) is 82.9 cm³/mol. The lowest BCUT2D eigenvalue weighted by Crippen LogP contribution is -2.25. The molecule has 1 aromatic rings. The predicted octanol–water partition coefficient (Wildman–Crippen LogP) is 3.00. The molecule has 112 valence electrons. The Kier molecular flexibility index (Phi) is 4.99. The molecule has 1 aromatic heterocycles. The molecular formula is C15H26N4S. The van der Waals surface area contributed by atoms with E-state index < -0.39 is 0 Å².